The maximum atomic E-state index is 14.0. The number of benzene rings is 1. The number of aromatic amines is 1. The van der Waals surface area contributed by atoms with Crippen LogP contribution in [0.2, 0.25) is 0 Å². The van der Waals surface area contributed by atoms with Gasteiger partial charge in [-0.3, -0.25) is 0 Å². The van der Waals surface area contributed by atoms with Gasteiger partial charge in [0.2, 0.25) is 0 Å². The van der Waals surface area contributed by atoms with E-state index in [2.05, 4.69) is 10.3 Å². The Morgan fingerprint density at radius 3 is 2.85 bits per heavy atom. The third-order valence-electron chi connectivity index (χ3n) is 4.50. The Balaban J connectivity index is 1.77. The summed E-state index contributed by atoms with van der Waals surface area (Å²) in [5, 5.41) is 2.72. The van der Waals surface area contributed by atoms with E-state index >= 15 is 0 Å². The van der Waals surface area contributed by atoms with Crippen LogP contribution >= 0.6 is 12.2 Å². The number of nitrogens with one attached hydrogen (secondary N) is 2. The minimum absolute atomic E-state index is 0.0344. The summed E-state index contributed by atoms with van der Waals surface area (Å²) in [6.45, 7) is 5.62. The maximum absolute atomic E-state index is 14.0. The summed E-state index contributed by atoms with van der Waals surface area (Å²) in [6, 6.07) is 2.28. The molecule has 1 heterocycles. The van der Waals surface area contributed by atoms with Gasteiger partial charge in [-0.1, -0.05) is 0 Å². The first kappa shape index (κ1) is 19.5. The van der Waals surface area contributed by atoms with Crippen molar-refractivity contribution in [1.29, 1.82) is 0 Å². The fraction of sp³-hybridized carbons (Fsp3) is 0.474. The van der Waals surface area contributed by atoms with Crippen LogP contribution in [0, 0.1) is 16.4 Å². The number of hydrogen-bond donors (Lipinski definition) is 2. The number of aromatic nitrogens is 2. The topological polar surface area (TPSA) is 59.0 Å². The zero-order chi connectivity index (χ0) is 19.8. The summed E-state index contributed by atoms with van der Waals surface area (Å²) in [5.41, 5.74) is 1.44. The molecule has 0 aliphatic heterocycles. The van der Waals surface area contributed by atoms with Crippen molar-refractivity contribution in [2.75, 3.05) is 0 Å². The normalized spacial score (nSPS) is 16.7. The number of amides is 1. The van der Waals surface area contributed by atoms with E-state index in [-0.39, 0.29) is 12.6 Å². The molecule has 3 rings (SSSR count). The lowest BCUT2D eigenvalue weighted by molar-refractivity contribution is 0.0522. The number of carbonyl (C=O) groups excluding carboxylic acids is 1. The zero-order valence-electron chi connectivity index (χ0n) is 15.6. The molecule has 2 aromatic rings. The molecule has 8 heteroatoms. The predicted octanol–water partition coefficient (Wildman–Crippen LogP) is 4.58. The molecule has 0 fully saturated rings. The molecule has 0 radical (unpaired) electrons. The van der Waals surface area contributed by atoms with E-state index in [4.69, 9.17) is 17.0 Å². The van der Waals surface area contributed by atoms with Crippen LogP contribution in [0.4, 0.5) is 13.6 Å². The van der Waals surface area contributed by atoms with Gasteiger partial charge in [-0.05, 0) is 69.4 Å². The number of nitrogens with zero attached hydrogens (tertiary/aromatic N) is 1. The Bertz CT molecular complexity index is 915. The molecule has 5 nitrogen and oxygen atoms in total. The molecule has 1 atom stereocenters. The van der Waals surface area contributed by atoms with Crippen molar-refractivity contribution in [1.82, 2.24) is 14.9 Å². The van der Waals surface area contributed by atoms with Gasteiger partial charge < -0.3 is 19.6 Å². The van der Waals surface area contributed by atoms with Crippen molar-refractivity contribution in [2.24, 2.45) is 0 Å². The monoisotopic (exact) mass is 395 g/mol. The van der Waals surface area contributed by atoms with Crippen LogP contribution in [0.3, 0.4) is 0 Å². The smallest absolute Gasteiger partial charge is 0.407 e. The Morgan fingerprint density at radius 2 is 2.15 bits per heavy atom. The molecule has 0 saturated heterocycles. The third-order valence-corrected chi connectivity index (χ3v) is 4.82. The third kappa shape index (κ3) is 4.55. The summed E-state index contributed by atoms with van der Waals surface area (Å²) >= 11 is 5.39. The second-order valence-corrected chi connectivity index (χ2v) is 8.12. The highest BCUT2D eigenvalue weighted by Crippen LogP contribution is 2.32. The second kappa shape index (κ2) is 7.42. The second-order valence-electron chi connectivity index (χ2n) is 7.73. The number of carbonyl (C=O) groups is 1. The van der Waals surface area contributed by atoms with Gasteiger partial charge in [0, 0.05) is 18.3 Å². The number of fused-ring (bicyclic) bond motifs is 1. The van der Waals surface area contributed by atoms with E-state index in [1.165, 1.54) is 6.07 Å². The van der Waals surface area contributed by atoms with E-state index in [9.17, 15) is 13.6 Å². The zero-order valence-corrected chi connectivity index (χ0v) is 16.4. The quantitative estimate of drug-likeness (QED) is 0.748. The van der Waals surface area contributed by atoms with Crippen LogP contribution in [0.5, 0.6) is 0 Å². The van der Waals surface area contributed by atoms with Crippen LogP contribution in [-0.4, -0.2) is 21.2 Å². The molecule has 1 aromatic carbocycles. The molecule has 1 aromatic heterocycles. The van der Waals surface area contributed by atoms with Crippen LogP contribution in [0.25, 0.3) is 0 Å². The fourth-order valence-electron chi connectivity index (χ4n) is 3.43. The predicted molar refractivity (Wildman–Crippen MR) is 100 cm³/mol. The molecule has 1 aliphatic carbocycles. The van der Waals surface area contributed by atoms with Crippen LogP contribution in [0.15, 0.2) is 18.3 Å². The largest absolute Gasteiger partial charge is 0.444 e. The standard InChI is InChI=1S/C19H23F2N3O2S/c1-19(2,3)26-18(25)23-10-14-9-22-17(27)24(14)13-4-5-15-11(7-13)6-12(20)8-16(15)21/h6,8-9,13H,4-5,7,10H2,1-3H3,(H,22,27)(H,23,25)/t13-/m0/s1. The molecular formula is C19H23F2N3O2S. The summed E-state index contributed by atoms with van der Waals surface area (Å²) < 4.78 is 35.2. The molecule has 1 amide bonds. The SMILES string of the molecule is CC(C)(C)OC(=O)NCc1c[nH]c(=S)n1[C@H]1CCc2c(F)cc(F)cc2C1. The molecule has 1 aliphatic rings. The molecule has 0 bridgehead atoms. The maximum Gasteiger partial charge on any atom is 0.407 e. The Labute approximate surface area is 161 Å². The van der Waals surface area contributed by atoms with E-state index in [1.54, 1.807) is 27.0 Å². The average molecular weight is 395 g/mol. The first-order chi connectivity index (χ1) is 12.6. The number of alkyl carbamates (subject to hydrolysis) is 1. The van der Waals surface area contributed by atoms with Gasteiger partial charge in [-0.15, -0.1) is 0 Å². The number of halogens is 2. The highest BCUT2D eigenvalue weighted by Gasteiger charge is 2.25. The lowest BCUT2D eigenvalue weighted by Crippen LogP contribution is -2.33. The van der Waals surface area contributed by atoms with Gasteiger partial charge in [-0.25, -0.2) is 13.6 Å². The highest BCUT2D eigenvalue weighted by atomic mass is 32.1. The summed E-state index contributed by atoms with van der Waals surface area (Å²) in [4.78, 5) is 14.9. The lowest BCUT2D eigenvalue weighted by Gasteiger charge is -2.27. The van der Waals surface area contributed by atoms with Crippen molar-refractivity contribution in [3.8, 4) is 0 Å². The van der Waals surface area contributed by atoms with Crippen molar-refractivity contribution >= 4 is 18.3 Å². The van der Waals surface area contributed by atoms with Gasteiger partial charge in [0.15, 0.2) is 4.77 Å². The summed E-state index contributed by atoms with van der Waals surface area (Å²) in [7, 11) is 0. The Hall–Kier alpha value is -2.22. The number of hydrogen-bond acceptors (Lipinski definition) is 3. The molecule has 0 unspecified atom stereocenters. The van der Waals surface area contributed by atoms with Gasteiger partial charge in [0.25, 0.3) is 0 Å². The molecule has 146 valence electrons. The molecule has 27 heavy (non-hydrogen) atoms. The van der Waals surface area contributed by atoms with E-state index < -0.39 is 23.3 Å². The summed E-state index contributed by atoms with van der Waals surface area (Å²) in [5.74, 6) is -1.07. The molecule has 0 saturated carbocycles. The van der Waals surface area contributed by atoms with Crippen molar-refractivity contribution in [3.05, 3.63) is 51.6 Å². The van der Waals surface area contributed by atoms with Crippen molar-refractivity contribution in [3.63, 3.8) is 0 Å². The van der Waals surface area contributed by atoms with Crippen LogP contribution in [-0.2, 0) is 24.1 Å². The van der Waals surface area contributed by atoms with Gasteiger partial charge >= 0.3 is 6.09 Å². The van der Waals surface area contributed by atoms with Gasteiger partial charge in [0.05, 0.1) is 12.2 Å². The van der Waals surface area contributed by atoms with Crippen molar-refractivity contribution in [2.45, 2.75) is 58.2 Å². The van der Waals surface area contributed by atoms with Gasteiger partial charge in [0.1, 0.15) is 17.2 Å². The average Bonchev–Trinajstić information content (AvgIpc) is 2.91. The Kier molecular flexibility index (Phi) is 5.37. The Morgan fingerprint density at radius 1 is 1.41 bits per heavy atom. The minimum atomic E-state index is -0.581. The number of ether oxygens (including phenoxy) is 1. The number of rotatable bonds is 3. The highest BCUT2D eigenvalue weighted by molar-refractivity contribution is 7.71. The minimum Gasteiger partial charge on any atom is -0.444 e. The van der Waals surface area contributed by atoms with E-state index in [1.807, 2.05) is 4.57 Å². The summed E-state index contributed by atoms with van der Waals surface area (Å²) in [6.07, 6.45) is 2.90. The first-order valence-corrected chi connectivity index (χ1v) is 9.27. The lowest BCUT2D eigenvalue weighted by atomic mass is 9.87. The van der Waals surface area contributed by atoms with Crippen molar-refractivity contribution < 1.29 is 18.3 Å². The van der Waals surface area contributed by atoms with Crippen LogP contribution in [0.1, 0.15) is 50.1 Å². The first-order valence-electron chi connectivity index (χ1n) is 8.86. The number of H-pyrrole nitrogens is 1. The molecule has 0 spiro atoms. The molecular weight excluding hydrogens is 372 g/mol. The van der Waals surface area contributed by atoms with E-state index in [0.29, 0.717) is 35.2 Å². The molecule has 2 N–H and O–H groups in total. The fourth-order valence-corrected chi connectivity index (χ4v) is 3.76. The number of imidazole rings is 1. The van der Waals surface area contributed by atoms with E-state index in [0.717, 1.165) is 11.8 Å². The van der Waals surface area contributed by atoms with Gasteiger partial charge in [-0.2, -0.15) is 0 Å². The van der Waals surface area contributed by atoms with Crippen LogP contribution < -0.4 is 5.32 Å².